The van der Waals surface area contributed by atoms with Gasteiger partial charge in [-0.15, -0.1) is 11.6 Å². The summed E-state index contributed by atoms with van der Waals surface area (Å²) < 4.78 is 5.24. The van der Waals surface area contributed by atoms with E-state index in [4.69, 9.17) is 16.3 Å². The molecule has 0 bridgehead atoms. The van der Waals surface area contributed by atoms with E-state index in [-0.39, 0.29) is 0 Å². The fourth-order valence-corrected chi connectivity index (χ4v) is 1.94. The highest BCUT2D eigenvalue weighted by Crippen LogP contribution is 2.48. The smallest absolute Gasteiger partial charge is 0.0590 e. The third kappa shape index (κ3) is 4.30. The highest BCUT2D eigenvalue weighted by atomic mass is 35.5. The quantitative estimate of drug-likeness (QED) is 0.484. The summed E-state index contributed by atoms with van der Waals surface area (Å²) in [5, 5.41) is 3.42. The van der Waals surface area contributed by atoms with Gasteiger partial charge in [0.15, 0.2) is 0 Å². The maximum Gasteiger partial charge on any atom is 0.0590 e. The van der Waals surface area contributed by atoms with E-state index in [0.29, 0.717) is 5.41 Å². The lowest BCUT2D eigenvalue weighted by atomic mass is 10.0. The molecule has 0 atom stereocenters. The van der Waals surface area contributed by atoms with Gasteiger partial charge >= 0.3 is 0 Å². The van der Waals surface area contributed by atoms with Crippen LogP contribution in [0.25, 0.3) is 0 Å². The van der Waals surface area contributed by atoms with Gasteiger partial charge in [-0.3, -0.25) is 0 Å². The number of alkyl halides is 1. The van der Waals surface area contributed by atoms with Crippen molar-refractivity contribution in [1.29, 1.82) is 0 Å². The molecule has 0 heterocycles. The summed E-state index contributed by atoms with van der Waals surface area (Å²) in [7, 11) is 0. The van der Waals surface area contributed by atoms with Crippen molar-refractivity contribution in [3.63, 3.8) is 0 Å². The lowest BCUT2D eigenvalue weighted by Crippen LogP contribution is -2.27. The molecule has 1 saturated carbocycles. The van der Waals surface area contributed by atoms with Gasteiger partial charge in [-0.05, 0) is 31.6 Å². The molecule has 1 N–H and O–H groups in total. The van der Waals surface area contributed by atoms with E-state index in [9.17, 15) is 0 Å². The third-order valence-electron chi connectivity index (χ3n) is 2.71. The molecule has 0 saturated heterocycles. The van der Waals surface area contributed by atoms with Crippen LogP contribution in [0.15, 0.2) is 0 Å². The fourth-order valence-electron chi connectivity index (χ4n) is 1.53. The molecule has 78 valence electrons. The summed E-state index contributed by atoms with van der Waals surface area (Å²) in [6.07, 6.45) is 3.86. The zero-order valence-electron chi connectivity index (χ0n) is 8.44. The zero-order chi connectivity index (χ0) is 9.57. The molecular formula is C10H20ClNO. The number of halogens is 1. The second-order valence-corrected chi connectivity index (χ2v) is 4.19. The minimum atomic E-state index is 0.550. The van der Waals surface area contributed by atoms with Crippen LogP contribution in [0.3, 0.4) is 0 Å². The van der Waals surface area contributed by atoms with Crippen LogP contribution in [-0.4, -0.2) is 32.2 Å². The van der Waals surface area contributed by atoms with E-state index in [1.165, 1.54) is 12.8 Å². The maximum absolute atomic E-state index is 5.74. The van der Waals surface area contributed by atoms with Crippen molar-refractivity contribution in [3.8, 4) is 0 Å². The van der Waals surface area contributed by atoms with Gasteiger partial charge in [0.25, 0.3) is 0 Å². The number of nitrogens with one attached hydrogen (secondary N) is 1. The molecule has 0 spiro atoms. The van der Waals surface area contributed by atoms with Crippen molar-refractivity contribution in [2.75, 3.05) is 32.2 Å². The van der Waals surface area contributed by atoms with E-state index < -0.39 is 0 Å². The standard InChI is InChI=1S/C10H20ClNO/c1-2-13-8-7-12-9-10(3-4-10)5-6-11/h12H,2-9H2,1H3. The van der Waals surface area contributed by atoms with E-state index in [1.807, 2.05) is 6.92 Å². The predicted octanol–water partition coefficient (Wildman–Crippen LogP) is 2.02. The van der Waals surface area contributed by atoms with Crippen molar-refractivity contribution in [1.82, 2.24) is 5.32 Å². The number of ether oxygens (including phenoxy) is 1. The van der Waals surface area contributed by atoms with Crippen molar-refractivity contribution in [2.24, 2.45) is 5.41 Å². The first kappa shape index (κ1) is 11.3. The number of hydrogen-bond acceptors (Lipinski definition) is 2. The molecule has 1 aliphatic rings. The molecule has 1 rings (SSSR count). The SMILES string of the molecule is CCOCCNCC1(CCCl)CC1. The Labute approximate surface area is 86.0 Å². The molecule has 1 aliphatic carbocycles. The minimum Gasteiger partial charge on any atom is -0.380 e. The van der Waals surface area contributed by atoms with Crippen molar-refractivity contribution in [3.05, 3.63) is 0 Å². The van der Waals surface area contributed by atoms with E-state index in [0.717, 1.165) is 38.6 Å². The second kappa shape index (κ2) is 5.84. The molecule has 0 aromatic heterocycles. The van der Waals surface area contributed by atoms with E-state index >= 15 is 0 Å². The monoisotopic (exact) mass is 205 g/mol. The van der Waals surface area contributed by atoms with Crippen LogP contribution in [0, 0.1) is 5.41 Å². The number of hydrogen-bond donors (Lipinski definition) is 1. The van der Waals surface area contributed by atoms with Crippen LogP contribution >= 0.6 is 11.6 Å². The Morgan fingerprint density at radius 1 is 1.46 bits per heavy atom. The molecule has 0 aromatic carbocycles. The van der Waals surface area contributed by atoms with Gasteiger partial charge < -0.3 is 10.1 Å². The van der Waals surface area contributed by atoms with Gasteiger partial charge in [-0.1, -0.05) is 0 Å². The summed E-state index contributed by atoms with van der Waals surface area (Å²) in [4.78, 5) is 0. The van der Waals surface area contributed by atoms with Crippen LogP contribution in [0.4, 0.5) is 0 Å². The molecular weight excluding hydrogens is 186 g/mol. The molecule has 1 fully saturated rings. The largest absolute Gasteiger partial charge is 0.380 e. The Balaban J connectivity index is 1.93. The van der Waals surface area contributed by atoms with E-state index in [1.54, 1.807) is 0 Å². The molecule has 0 radical (unpaired) electrons. The van der Waals surface area contributed by atoms with Gasteiger partial charge in [0.05, 0.1) is 6.61 Å². The first-order valence-electron chi connectivity index (χ1n) is 5.17. The first-order chi connectivity index (χ1) is 6.33. The molecule has 2 nitrogen and oxygen atoms in total. The molecule has 13 heavy (non-hydrogen) atoms. The van der Waals surface area contributed by atoms with Gasteiger partial charge in [0.2, 0.25) is 0 Å². The van der Waals surface area contributed by atoms with Crippen molar-refractivity contribution < 1.29 is 4.74 Å². The van der Waals surface area contributed by atoms with Gasteiger partial charge in [0, 0.05) is 25.6 Å². The van der Waals surface area contributed by atoms with Gasteiger partial charge in [-0.25, -0.2) is 0 Å². The average molecular weight is 206 g/mol. The normalized spacial score (nSPS) is 18.9. The summed E-state index contributed by atoms with van der Waals surface area (Å²) in [6.45, 7) is 5.75. The third-order valence-corrected chi connectivity index (χ3v) is 2.90. The summed E-state index contributed by atoms with van der Waals surface area (Å²) in [6, 6.07) is 0. The zero-order valence-corrected chi connectivity index (χ0v) is 9.20. The Kier molecular flexibility index (Phi) is 5.07. The van der Waals surface area contributed by atoms with Crippen molar-refractivity contribution >= 4 is 11.6 Å². The second-order valence-electron chi connectivity index (χ2n) is 3.81. The topological polar surface area (TPSA) is 21.3 Å². The summed E-state index contributed by atoms with van der Waals surface area (Å²) >= 11 is 5.74. The van der Waals surface area contributed by atoms with Crippen LogP contribution < -0.4 is 5.32 Å². The minimum absolute atomic E-state index is 0.550. The highest BCUT2D eigenvalue weighted by Gasteiger charge is 2.40. The van der Waals surface area contributed by atoms with Gasteiger partial charge in [0.1, 0.15) is 0 Å². The molecule has 0 amide bonds. The molecule has 0 aromatic rings. The van der Waals surface area contributed by atoms with Crippen LogP contribution in [-0.2, 0) is 4.74 Å². The molecule has 0 unspecified atom stereocenters. The predicted molar refractivity (Wildman–Crippen MR) is 56.4 cm³/mol. The maximum atomic E-state index is 5.74. The Bertz CT molecular complexity index is 137. The van der Waals surface area contributed by atoms with Crippen LogP contribution in [0.2, 0.25) is 0 Å². The average Bonchev–Trinajstić information content (AvgIpc) is 2.86. The highest BCUT2D eigenvalue weighted by molar-refractivity contribution is 6.17. The van der Waals surface area contributed by atoms with Gasteiger partial charge in [-0.2, -0.15) is 0 Å². The summed E-state index contributed by atoms with van der Waals surface area (Å²) in [5.41, 5.74) is 0.550. The Hall–Kier alpha value is 0.210. The Morgan fingerprint density at radius 2 is 2.23 bits per heavy atom. The molecule has 3 heteroatoms. The fraction of sp³-hybridized carbons (Fsp3) is 1.00. The Morgan fingerprint density at radius 3 is 2.77 bits per heavy atom. The summed E-state index contributed by atoms with van der Waals surface area (Å²) in [5.74, 6) is 0.799. The lowest BCUT2D eigenvalue weighted by Gasteiger charge is -2.14. The molecule has 0 aliphatic heterocycles. The van der Waals surface area contributed by atoms with Crippen molar-refractivity contribution in [2.45, 2.75) is 26.2 Å². The first-order valence-corrected chi connectivity index (χ1v) is 5.71. The van der Waals surface area contributed by atoms with E-state index in [2.05, 4.69) is 5.32 Å². The van der Waals surface area contributed by atoms with Crippen LogP contribution in [0.1, 0.15) is 26.2 Å². The van der Waals surface area contributed by atoms with Crippen LogP contribution in [0.5, 0.6) is 0 Å². The number of rotatable bonds is 8. The lowest BCUT2D eigenvalue weighted by molar-refractivity contribution is 0.148.